The third kappa shape index (κ3) is 3.93. The highest BCUT2D eigenvalue weighted by Crippen LogP contribution is 2.19. The first-order valence-electron chi connectivity index (χ1n) is 8.38. The summed E-state index contributed by atoms with van der Waals surface area (Å²) in [5.41, 5.74) is 1.50. The number of hydrogen-bond acceptors (Lipinski definition) is 3. The van der Waals surface area contributed by atoms with E-state index in [1.54, 1.807) is 18.4 Å². The molecular weight excluding hydrogens is 309 g/mol. The van der Waals surface area contributed by atoms with Crippen LogP contribution in [0.25, 0.3) is 11.5 Å². The van der Waals surface area contributed by atoms with Gasteiger partial charge in [0, 0.05) is 31.1 Å². The van der Waals surface area contributed by atoms with Crippen molar-refractivity contribution in [2.45, 2.75) is 38.6 Å². The molecule has 0 aliphatic carbocycles. The Kier molecular flexibility index (Phi) is 5.13. The van der Waals surface area contributed by atoms with E-state index in [1.807, 2.05) is 4.90 Å². The number of piperidine rings is 1. The highest BCUT2D eigenvalue weighted by molar-refractivity contribution is 5.74. The number of nitrogens with zero attached hydrogens (tertiary/aromatic N) is 2. The minimum absolute atomic E-state index is 0.00977. The molecule has 5 nitrogen and oxygen atoms in total. The molecular formula is C18H22FN3O2. The molecule has 1 aromatic heterocycles. The monoisotopic (exact) mass is 331 g/mol. The first-order valence-corrected chi connectivity index (χ1v) is 8.38. The zero-order valence-corrected chi connectivity index (χ0v) is 13.8. The number of likely N-dealkylation sites (tertiary alicyclic amines) is 1. The summed E-state index contributed by atoms with van der Waals surface area (Å²) in [6, 6.07) is 6.30. The number of amides is 2. The van der Waals surface area contributed by atoms with Crippen molar-refractivity contribution in [3.8, 4) is 11.5 Å². The van der Waals surface area contributed by atoms with Crippen molar-refractivity contribution in [1.29, 1.82) is 0 Å². The Balaban J connectivity index is 1.50. The van der Waals surface area contributed by atoms with Crippen LogP contribution in [-0.2, 0) is 6.42 Å². The summed E-state index contributed by atoms with van der Waals surface area (Å²) in [6.45, 7) is 3.43. The number of urea groups is 1. The summed E-state index contributed by atoms with van der Waals surface area (Å²) in [4.78, 5) is 18.5. The average molecular weight is 331 g/mol. The highest BCUT2D eigenvalue weighted by atomic mass is 19.1. The quantitative estimate of drug-likeness (QED) is 0.931. The fraction of sp³-hybridized carbons (Fsp3) is 0.444. The van der Waals surface area contributed by atoms with Gasteiger partial charge in [-0.3, -0.25) is 0 Å². The van der Waals surface area contributed by atoms with Gasteiger partial charge in [-0.05, 0) is 50.5 Å². The van der Waals surface area contributed by atoms with E-state index < -0.39 is 0 Å². The number of aromatic nitrogens is 1. The Morgan fingerprint density at radius 1 is 1.38 bits per heavy atom. The first kappa shape index (κ1) is 16.5. The maximum Gasteiger partial charge on any atom is 0.317 e. The van der Waals surface area contributed by atoms with Crippen LogP contribution in [0.1, 0.15) is 31.9 Å². The Labute approximate surface area is 140 Å². The van der Waals surface area contributed by atoms with Crippen LogP contribution in [0, 0.1) is 5.82 Å². The molecule has 6 heteroatoms. The van der Waals surface area contributed by atoms with Gasteiger partial charge in [-0.15, -0.1) is 0 Å². The second kappa shape index (κ2) is 7.47. The van der Waals surface area contributed by atoms with E-state index in [4.69, 9.17) is 4.42 Å². The smallest absolute Gasteiger partial charge is 0.317 e. The largest absolute Gasteiger partial charge is 0.444 e. The predicted octanol–water partition coefficient (Wildman–Crippen LogP) is 3.61. The summed E-state index contributed by atoms with van der Waals surface area (Å²) >= 11 is 0. The SMILES string of the molecule is C[C@H]1CCCCN1C(=O)NCCc1coc(-c2ccc(F)cc2)n1. The van der Waals surface area contributed by atoms with Crippen LogP contribution in [0.3, 0.4) is 0 Å². The molecule has 0 saturated carbocycles. The van der Waals surface area contributed by atoms with E-state index in [0.29, 0.717) is 24.9 Å². The average Bonchev–Trinajstić information content (AvgIpc) is 3.04. The van der Waals surface area contributed by atoms with Crippen molar-refractivity contribution >= 4 is 6.03 Å². The van der Waals surface area contributed by atoms with Gasteiger partial charge in [0.1, 0.15) is 12.1 Å². The Morgan fingerprint density at radius 3 is 2.92 bits per heavy atom. The van der Waals surface area contributed by atoms with Crippen LogP contribution >= 0.6 is 0 Å². The van der Waals surface area contributed by atoms with Crippen molar-refractivity contribution < 1.29 is 13.6 Å². The van der Waals surface area contributed by atoms with Crippen LogP contribution in [0.5, 0.6) is 0 Å². The number of carbonyl (C=O) groups excluding carboxylic acids is 1. The summed E-state index contributed by atoms with van der Waals surface area (Å²) in [5.74, 6) is 0.168. The maximum absolute atomic E-state index is 12.9. The number of carbonyl (C=O) groups is 1. The molecule has 0 spiro atoms. The standard InChI is InChI=1S/C18H22FN3O2/c1-13-4-2-3-11-22(13)18(23)20-10-9-16-12-24-17(21-16)14-5-7-15(19)8-6-14/h5-8,12-13H,2-4,9-11H2,1H3,(H,20,23)/t13-/m0/s1. The van der Waals surface area contributed by atoms with Gasteiger partial charge in [0.25, 0.3) is 0 Å². The molecule has 128 valence electrons. The first-order chi connectivity index (χ1) is 11.6. The van der Waals surface area contributed by atoms with Crippen LogP contribution in [0.15, 0.2) is 34.9 Å². The molecule has 3 rings (SSSR count). The van der Waals surface area contributed by atoms with Crippen LogP contribution in [0.2, 0.25) is 0 Å². The summed E-state index contributed by atoms with van der Waals surface area (Å²) < 4.78 is 18.4. The number of nitrogens with one attached hydrogen (secondary N) is 1. The van der Waals surface area contributed by atoms with E-state index in [-0.39, 0.29) is 11.8 Å². The summed E-state index contributed by atoms with van der Waals surface area (Å²) in [5, 5.41) is 2.94. The van der Waals surface area contributed by atoms with Gasteiger partial charge < -0.3 is 14.6 Å². The Bertz CT molecular complexity index is 684. The summed E-state index contributed by atoms with van der Waals surface area (Å²) in [7, 11) is 0. The van der Waals surface area contributed by atoms with Gasteiger partial charge in [0.2, 0.25) is 5.89 Å². The van der Waals surface area contributed by atoms with Crippen molar-refractivity contribution in [3.63, 3.8) is 0 Å². The van der Waals surface area contributed by atoms with Gasteiger partial charge in [-0.1, -0.05) is 0 Å². The minimum Gasteiger partial charge on any atom is -0.444 e. The molecule has 1 aliphatic heterocycles. The lowest BCUT2D eigenvalue weighted by Gasteiger charge is -2.33. The lowest BCUT2D eigenvalue weighted by molar-refractivity contribution is 0.158. The lowest BCUT2D eigenvalue weighted by Crippen LogP contribution is -2.47. The number of rotatable bonds is 4. The zero-order valence-electron chi connectivity index (χ0n) is 13.8. The van der Waals surface area contributed by atoms with Crippen molar-refractivity contribution in [2.24, 2.45) is 0 Å². The number of halogens is 1. The van der Waals surface area contributed by atoms with Gasteiger partial charge >= 0.3 is 6.03 Å². The number of benzene rings is 1. The third-order valence-electron chi connectivity index (χ3n) is 4.36. The number of hydrogen-bond donors (Lipinski definition) is 1. The molecule has 2 aromatic rings. The van der Waals surface area contributed by atoms with Crippen molar-refractivity contribution in [2.75, 3.05) is 13.1 Å². The second-order valence-corrected chi connectivity index (χ2v) is 6.17. The van der Waals surface area contributed by atoms with E-state index in [2.05, 4.69) is 17.2 Å². The molecule has 2 heterocycles. The predicted molar refractivity (Wildman–Crippen MR) is 89.0 cm³/mol. The molecule has 0 bridgehead atoms. The van der Waals surface area contributed by atoms with E-state index in [0.717, 1.165) is 30.6 Å². The highest BCUT2D eigenvalue weighted by Gasteiger charge is 2.22. The number of oxazole rings is 1. The zero-order chi connectivity index (χ0) is 16.9. The molecule has 24 heavy (non-hydrogen) atoms. The van der Waals surface area contributed by atoms with Gasteiger partial charge in [-0.2, -0.15) is 0 Å². The van der Waals surface area contributed by atoms with Gasteiger partial charge in [-0.25, -0.2) is 14.2 Å². The molecule has 2 amide bonds. The van der Waals surface area contributed by atoms with Gasteiger partial charge in [0.05, 0.1) is 5.69 Å². The molecule has 0 radical (unpaired) electrons. The van der Waals surface area contributed by atoms with Crippen molar-refractivity contribution in [1.82, 2.24) is 15.2 Å². The van der Waals surface area contributed by atoms with Crippen LogP contribution in [-0.4, -0.2) is 35.0 Å². The molecule has 1 aromatic carbocycles. The van der Waals surface area contributed by atoms with Gasteiger partial charge in [0.15, 0.2) is 0 Å². The summed E-state index contributed by atoms with van der Waals surface area (Å²) in [6.07, 6.45) is 5.50. The minimum atomic E-state index is -0.291. The van der Waals surface area contributed by atoms with E-state index in [9.17, 15) is 9.18 Å². The molecule has 1 atom stereocenters. The fourth-order valence-corrected chi connectivity index (χ4v) is 2.95. The van der Waals surface area contributed by atoms with E-state index >= 15 is 0 Å². The maximum atomic E-state index is 12.9. The molecule has 1 fully saturated rings. The molecule has 1 aliphatic rings. The Hall–Kier alpha value is -2.37. The second-order valence-electron chi connectivity index (χ2n) is 6.17. The molecule has 1 N–H and O–H groups in total. The van der Waals surface area contributed by atoms with Crippen molar-refractivity contribution in [3.05, 3.63) is 42.0 Å². The van der Waals surface area contributed by atoms with Crippen LogP contribution in [0.4, 0.5) is 9.18 Å². The fourth-order valence-electron chi connectivity index (χ4n) is 2.95. The van der Waals surface area contributed by atoms with E-state index in [1.165, 1.54) is 18.6 Å². The normalized spacial score (nSPS) is 17.8. The lowest BCUT2D eigenvalue weighted by atomic mass is 10.0. The molecule has 0 unspecified atom stereocenters. The third-order valence-corrected chi connectivity index (χ3v) is 4.36. The Morgan fingerprint density at radius 2 is 2.17 bits per heavy atom. The molecule has 1 saturated heterocycles. The van der Waals surface area contributed by atoms with Crippen LogP contribution < -0.4 is 5.32 Å². The topological polar surface area (TPSA) is 58.4 Å².